The van der Waals surface area contributed by atoms with Gasteiger partial charge in [-0.25, -0.2) is 18.7 Å². The Bertz CT molecular complexity index is 963. The molecule has 1 fully saturated rings. The van der Waals surface area contributed by atoms with Crippen LogP contribution in [0.2, 0.25) is 0 Å². The summed E-state index contributed by atoms with van der Waals surface area (Å²) in [7, 11) is 1.83. The van der Waals surface area contributed by atoms with Crippen LogP contribution in [0.4, 0.5) is 8.78 Å². The number of carbonyl (C=O) groups excluding carboxylic acids is 1. The molecule has 25 heavy (non-hydrogen) atoms. The molecule has 1 aromatic carbocycles. The topological polar surface area (TPSA) is 51.0 Å². The maximum Gasteiger partial charge on any atom is 0.256 e. The summed E-state index contributed by atoms with van der Waals surface area (Å²) in [6.07, 6.45) is 3.86. The van der Waals surface area contributed by atoms with E-state index in [0.29, 0.717) is 36.2 Å². The summed E-state index contributed by atoms with van der Waals surface area (Å²) in [5.41, 5.74) is 2.55. The third-order valence-electron chi connectivity index (χ3n) is 4.58. The van der Waals surface area contributed by atoms with Crippen LogP contribution in [0.25, 0.3) is 11.2 Å². The largest absolute Gasteiger partial charge is 0.338 e. The van der Waals surface area contributed by atoms with E-state index in [-0.39, 0.29) is 11.8 Å². The van der Waals surface area contributed by atoms with Gasteiger partial charge in [0.2, 0.25) is 0 Å². The van der Waals surface area contributed by atoms with Gasteiger partial charge >= 0.3 is 0 Å². The molecule has 0 atom stereocenters. The molecule has 0 bridgehead atoms. The number of fused-ring (bicyclic) bond motifs is 1. The number of hydrogen-bond acceptors (Lipinski definition) is 3. The average Bonchev–Trinajstić information content (AvgIpc) is 2.95. The third kappa shape index (κ3) is 2.75. The summed E-state index contributed by atoms with van der Waals surface area (Å²) in [6, 6.07) is 5.63. The van der Waals surface area contributed by atoms with Crippen molar-refractivity contribution in [3.8, 4) is 0 Å². The van der Waals surface area contributed by atoms with Gasteiger partial charge in [0.15, 0.2) is 17.3 Å². The van der Waals surface area contributed by atoms with Gasteiger partial charge in [-0.1, -0.05) is 6.07 Å². The monoisotopic (exact) mass is 342 g/mol. The highest BCUT2D eigenvalue weighted by Gasteiger charge is 2.32. The lowest BCUT2D eigenvalue weighted by atomic mass is 9.91. The van der Waals surface area contributed by atoms with E-state index in [1.165, 1.54) is 6.07 Å². The van der Waals surface area contributed by atoms with Crippen LogP contribution in [-0.2, 0) is 13.5 Å². The lowest BCUT2D eigenvalue weighted by molar-refractivity contribution is 0.0503. The average molecular weight is 342 g/mol. The lowest BCUT2D eigenvalue weighted by Crippen LogP contribution is -2.50. The zero-order chi connectivity index (χ0) is 17.6. The highest BCUT2D eigenvalue weighted by atomic mass is 19.2. The Morgan fingerprint density at radius 1 is 1.20 bits per heavy atom. The zero-order valence-corrected chi connectivity index (χ0v) is 13.6. The van der Waals surface area contributed by atoms with Gasteiger partial charge in [-0.05, 0) is 36.1 Å². The smallest absolute Gasteiger partial charge is 0.256 e. The predicted octanol–water partition coefficient (Wildman–Crippen LogP) is 2.56. The van der Waals surface area contributed by atoms with Crippen LogP contribution in [0.3, 0.4) is 0 Å². The SMILES string of the molecule is Cn1cnc2c(C(=O)N3CC(Cc4ccc(F)c(F)c4)C3)ccnc21. The minimum absolute atomic E-state index is 0.0763. The third-order valence-corrected chi connectivity index (χ3v) is 4.58. The Labute approximate surface area is 142 Å². The van der Waals surface area contributed by atoms with E-state index in [2.05, 4.69) is 9.97 Å². The molecular formula is C18H16F2N4O. The molecule has 1 amide bonds. The van der Waals surface area contributed by atoms with E-state index >= 15 is 0 Å². The van der Waals surface area contributed by atoms with Gasteiger partial charge in [-0.3, -0.25) is 4.79 Å². The Morgan fingerprint density at radius 3 is 2.76 bits per heavy atom. The molecule has 0 saturated carbocycles. The van der Waals surface area contributed by atoms with E-state index in [1.54, 1.807) is 34.1 Å². The first-order chi connectivity index (χ1) is 12.0. The number of pyridine rings is 1. The molecule has 2 aromatic heterocycles. The molecule has 0 N–H and O–H groups in total. The molecule has 3 heterocycles. The molecular weight excluding hydrogens is 326 g/mol. The maximum absolute atomic E-state index is 13.3. The fourth-order valence-electron chi connectivity index (χ4n) is 3.24. The first-order valence-corrected chi connectivity index (χ1v) is 8.02. The molecule has 4 rings (SSSR count). The number of nitrogens with zero attached hydrogens (tertiary/aromatic N) is 4. The van der Waals surface area contributed by atoms with Gasteiger partial charge in [0, 0.05) is 26.3 Å². The number of hydrogen-bond donors (Lipinski definition) is 0. The number of benzene rings is 1. The van der Waals surface area contributed by atoms with E-state index in [9.17, 15) is 13.6 Å². The number of amides is 1. The number of carbonyl (C=O) groups is 1. The molecule has 128 valence electrons. The number of rotatable bonds is 3. The fourth-order valence-corrected chi connectivity index (χ4v) is 3.24. The molecule has 3 aromatic rings. The number of aromatic nitrogens is 3. The van der Waals surface area contributed by atoms with Gasteiger partial charge < -0.3 is 9.47 Å². The summed E-state index contributed by atoms with van der Waals surface area (Å²) in [5.74, 6) is -1.51. The Morgan fingerprint density at radius 2 is 2.00 bits per heavy atom. The van der Waals surface area contributed by atoms with Crippen molar-refractivity contribution >= 4 is 17.1 Å². The van der Waals surface area contributed by atoms with Crippen LogP contribution in [0.15, 0.2) is 36.8 Å². The van der Waals surface area contributed by atoms with Crippen molar-refractivity contribution in [2.75, 3.05) is 13.1 Å². The van der Waals surface area contributed by atoms with Crippen molar-refractivity contribution < 1.29 is 13.6 Å². The summed E-state index contributed by atoms with van der Waals surface area (Å²) >= 11 is 0. The van der Waals surface area contributed by atoms with Crippen molar-refractivity contribution in [2.45, 2.75) is 6.42 Å². The second-order valence-electron chi connectivity index (χ2n) is 6.41. The van der Waals surface area contributed by atoms with Gasteiger partial charge in [-0.15, -0.1) is 0 Å². The normalized spacial score (nSPS) is 14.8. The second kappa shape index (κ2) is 5.91. The number of likely N-dealkylation sites (tertiary alicyclic amines) is 1. The van der Waals surface area contributed by atoms with Gasteiger partial charge in [-0.2, -0.15) is 0 Å². The quantitative estimate of drug-likeness (QED) is 0.735. The minimum Gasteiger partial charge on any atom is -0.338 e. The standard InChI is InChI=1S/C18H16F2N4O/c1-23-10-22-16-13(4-5-21-17(16)23)18(25)24-8-12(9-24)6-11-2-3-14(19)15(20)7-11/h2-5,7,10,12H,6,8-9H2,1H3. The van der Waals surface area contributed by atoms with E-state index in [1.807, 2.05) is 7.05 Å². The highest BCUT2D eigenvalue weighted by molar-refractivity contribution is 6.04. The molecule has 0 unspecified atom stereocenters. The predicted molar refractivity (Wildman–Crippen MR) is 88.0 cm³/mol. The lowest BCUT2D eigenvalue weighted by Gasteiger charge is -2.39. The van der Waals surface area contributed by atoms with Crippen LogP contribution < -0.4 is 0 Å². The molecule has 7 heteroatoms. The number of halogens is 2. The van der Waals surface area contributed by atoms with Crippen molar-refractivity contribution in [2.24, 2.45) is 13.0 Å². The van der Waals surface area contributed by atoms with Crippen molar-refractivity contribution in [3.63, 3.8) is 0 Å². The van der Waals surface area contributed by atoms with Crippen molar-refractivity contribution in [1.82, 2.24) is 19.4 Å². The van der Waals surface area contributed by atoms with Crippen LogP contribution in [0.1, 0.15) is 15.9 Å². The number of aryl methyl sites for hydroxylation is 1. The minimum atomic E-state index is -0.841. The van der Waals surface area contributed by atoms with Crippen molar-refractivity contribution in [3.05, 3.63) is 59.6 Å². The van der Waals surface area contributed by atoms with E-state index in [0.717, 1.165) is 11.6 Å². The van der Waals surface area contributed by atoms with E-state index in [4.69, 9.17) is 0 Å². The van der Waals surface area contributed by atoms with Gasteiger partial charge in [0.1, 0.15) is 5.52 Å². The Kier molecular flexibility index (Phi) is 3.71. The van der Waals surface area contributed by atoms with Crippen LogP contribution in [0.5, 0.6) is 0 Å². The van der Waals surface area contributed by atoms with Crippen LogP contribution in [-0.4, -0.2) is 38.4 Å². The van der Waals surface area contributed by atoms with E-state index < -0.39 is 11.6 Å². The molecule has 0 spiro atoms. The van der Waals surface area contributed by atoms with Crippen LogP contribution >= 0.6 is 0 Å². The Balaban J connectivity index is 1.44. The zero-order valence-electron chi connectivity index (χ0n) is 13.6. The molecule has 5 nitrogen and oxygen atoms in total. The summed E-state index contributed by atoms with van der Waals surface area (Å²) in [6.45, 7) is 1.18. The number of imidazole rings is 1. The summed E-state index contributed by atoms with van der Waals surface area (Å²) in [5, 5.41) is 0. The molecule has 1 saturated heterocycles. The first-order valence-electron chi connectivity index (χ1n) is 8.02. The molecule has 1 aliphatic heterocycles. The van der Waals surface area contributed by atoms with Crippen LogP contribution in [0, 0.1) is 17.6 Å². The molecule has 1 aliphatic rings. The van der Waals surface area contributed by atoms with Gasteiger partial charge in [0.25, 0.3) is 5.91 Å². The maximum atomic E-state index is 13.3. The van der Waals surface area contributed by atoms with Gasteiger partial charge in [0.05, 0.1) is 11.9 Å². The highest BCUT2D eigenvalue weighted by Crippen LogP contribution is 2.25. The second-order valence-corrected chi connectivity index (χ2v) is 6.41. The first kappa shape index (κ1) is 15.7. The fraction of sp³-hybridized carbons (Fsp3) is 0.278. The molecule has 0 radical (unpaired) electrons. The Hall–Kier alpha value is -2.83. The molecule has 0 aliphatic carbocycles. The van der Waals surface area contributed by atoms with Crippen molar-refractivity contribution in [1.29, 1.82) is 0 Å². The summed E-state index contributed by atoms with van der Waals surface area (Å²) < 4.78 is 28.0. The summed E-state index contributed by atoms with van der Waals surface area (Å²) in [4.78, 5) is 22.9.